The number of hydrogen-bond acceptors (Lipinski definition) is 3. The van der Waals surface area contributed by atoms with Crippen molar-refractivity contribution >= 4 is 22.8 Å². The van der Waals surface area contributed by atoms with E-state index in [0.29, 0.717) is 11.1 Å². The van der Waals surface area contributed by atoms with Crippen LogP contribution in [0, 0.1) is 0 Å². The molecule has 0 bridgehead atoms. The van der Waals surface area contributed by atoms with Crippen LogP contribution in [0.5, 0.6) is 0 Å². The second kappa shape index (κ2) is 5.02. The van der Waals surface area contributed by atoms with Crippen molar-refractivity contribution in [3.8, 4) is 0 Å². The second-order valence-corrected chi connectivity index (χ2v) is 5.70. The fraction of sp³-hybridized carbons (Fsp3) is 0.0667. The first-order chi connectivity index (χ1) is 9.68. The van der Waals surface area contributed by atoms with Gasteiger partial charge in [-0.15, -0.1) is 0 Å². The fourth-order valence-corrected chi connectivity index (χ4v) is 3.31. The van der Waals surface area contributed by atoms with E-state index in [9.17, 15) is 13.8 Å². The molecule has 0 fully saturated rings. The Kier molecular flexibility index (Phi) is 3.20. The molecule has 4 nitrogen and oxygen atoms in total. The Bertz CT molecular complexity index is 677. The largest absolute Gasteiger partial charge is 0.273 e. The summed E-state index contributed by atoms with van der Waals surface area (Å²) in [5, 5.41) is 0. The molecule has 5 heteroatoms. The van der Waals surface area contributed by atoms with Crippen LogP contribution in [0.15, 0.2) is 54.6 Å². The van der Waals surface area contributed by atoms with Gasteiger partial charge in [-0.25, -0.2) is 4.21 Å². The van der Waals surface area contributed by atoms with Crippen LogP contribution in [0.4, 0.5) is 0 Å². The van der Waals surface area contributed by atoms with E-state index < -0.39 is 22.8 Å². The third-order valence-corrected chi connectivity index (χ3v) is 4.41. The zero-order valence-electron chi connectivity index (χ0n) is 10.5. The molecule has 1 heterocycles. The molecule has 1 atom stereocenters. The van der Waals surface area contributed by atoms with Gasteiger partial charge in [0.15, 0.2) is 0 Å². The summed E-state index contributed by atoms with van der Waals surface area (Å²) in [4.78, 5) is 24.3. The highest BCUT2D eigenvalue weighted by Gasteiger charge is 2.38. The molecule has 3 rings (SSSR count). The Morgan fingerprint density at radius 3 is 1.85 bits per heavy atom. The predicted molar refractivity (Wildman–Crippen MR) is 75.2 cm³/mol. The Morgan fingerprint density at radius 1 is 0.800 bits per heavy atom. The van der Waals surface area contributed by atoms with Crippen molar-refractivity contribution in [2.24, 2.45) is 0 Å². The van der Waals surface area contributed by atoms with Crippen molar-refractivity contribution in [1.82, 2.24) is 4.31 Å². The van der Waals surface area contributed by atoms with Crippen molar-refractivity contribution in [2.45, 2.75) is 5.75 Å². The van der Waals surface area contributed by atoms with Gasteiger partial charge in [0.05, 0.1) is 16.9 Å². The van der Waals surface area contributed by atoms with E-state index in [1.807, 2.05) is 30.3 Å². The maximum absolute atomic E-state index is 12.3. The van der Waals surface area contributed by atoms with Gasteiger partial charge < -0.3 is 0 Å². The van der Waals surface area contributed by atoms with E-state index in [0.717, 1.165) is 9.87 Å². The zero-order valence-corrected chi connectivity index (χ0v) is 11.3. The van der Waals surface area contributed by atoms with Gasteiger partial charge in [-0.1, -0.05) is 42.5 Å². The number of hydrogen-bond donors (Lipinski definition) is 0. The molecule has 0 aliphatic carbocycles. The third-order valence-electron chi connectivity index (χ3n) is 3.09. The predicted octanol–water partition coefficient (Wildman–Crippen LogP) is 2.15. The van der Waals surface area contributed by atoms with Gasteiger partial charge >= 0.3 is 0 Å². The van der Waals surface area contributed by atoms with Gasteiger partial charge in [0.25, 0.3) is 11.8 Å². The summed E-state index contributed by atoms with van der Waals surface area (Å²) in [6, 6.07) is 15.7. The van der Waals surface area contributed by atoms with Crippen LogP contribution in [-0.4, -0.2) is 20.3 Å². The molecule has 1 aliphatic heterocycles. The number of nitrogens with zero attached hydrogens (tertiary/aromatic N) is 1. The quantitative estimate of drug-likeness (QED) is 0.812. The first-order valence-corrected chi connectivity index (χ1v) is 7.36. The average Bonchev–Trinajstić information content (AvgIpc) is 2.72. The summed E-state index contributed by atoms with van der Waals surface area (Å²) in [6.45, 7) is 0. The number of benzene rings is 2. The van der Waals surface area contributed by atoms with Crippen LogP contribution in [0.2, 0.25) is 0 Å². The number of carbonyl (C=O) groups excluding carboxylic acids is 2. The molecule has 0 saturated heterocycles. The van der Waals surface area contributed by atoms with Crippen molar-refractivity contribution < 1.29 is 13.8 Å². The van der Waals surface area contributed by atoms with Gasteiger partial charge in [-0.3, -0.25) is 9.59 Å². The van der Waals surface area contributed by atoms with Crippen molar-refractivity contribution in [1.29, 1.82) is 0 Å². The summed E-state index contributed by atoms with van der Waals surface area (Å²) in [5.74, 6) is -0.827. The van der Waals surface area contributed by atoms with Crippen LogP contribution in [0.3, 0.4) is 0 Å². The smallest absolute Gasteiger partial charge is 0.268 e. The summed E-state index contributed by atoms with van der Waals surface area (Å²) in [7, 11) is -1.70. The lowest BCUT2D eigenvalue weighted by Gasteiger charge is -2.12. The van der Waals surface area contributed by atoms with Gasteiger partial charge in [-0.2, -0.15) is 4.31 Å². The Morgan fingerprint density at radius 2 is 1.30 bits per heavy atom. The molecule has 0 aromatic heterocycles. The van der Waals surface area contributed by atoms with E-state index in [2.05, 4.69) is 0 Å². The Hall–Kier alpha value is -2.27. The lowest BCUT2D eigenvalue weighted by molar-refractivity contribution is 0.0771. The molecule has 1 unspecified atom stereocenters. The number of amides is 2. The first-order valence-electron chi connectivity index (χ1n) is 6.08. The van der Waals surface area contributed by atoms with Crippen LogP contribution in [0.1, 0.15) is 26.3 Å². The molecule has 0 spiro atoms. The molecule has 2 aromatic rings. The highest BCUT2D eigenvalue weighted by molar-refractivity contribution is 7.83. The second-order valence-electron chi connectivity index (χ2n) is 4.40. The minimum absolute atomic E-state index is 0.145. The molecule has 2 amide bonds. The molecule has 2 aromatic carbocycles. The summed E-state index contributed by atoms with van der Waals surface area (Å²) >= 11 is 0. The fourth-order valence-electron chi connectivity index (χ4n) is 2.13. The Labute approximate surface area is 118 Å². The van der Waals surface area contributed by atoms with E-state index in [1.165, 1.54) is 0 Å². The summed E-state index contributed by atoms with van der Waals surface area (Å²) in [6.07, 6.45) is 0. The minimum atomic E-state index is -1.70. The molecule has 100 valence electrons. The zero-order chi connectivity index (χ0) is 14.1. The highest BCUT2D eigenvalue weighted by Crippen LogP contribution is 2.24. The topological polar surface area (TPSA) is 54.5 Å². The molecular weight excluding hydrogens is 274 g/mol. The first kappa shape index (κ1) is 12.7. The van der Waals surface area contributed by atoms with Crippen LogP contribution >= 0.6 is 0 Å². The Balaban J connectivity index is 1.88. The normalized spacial score (nSPS) is 15.3. The third kappa shape index (κ3) is 2.06. The van der Waals surface area contributed by atoms with Crippen molar-refractivity contribution in [2.75, 3.05) is 0 Å². The number of imide groups is 1. The number of carbonyl (C=O) groups is 2. The monoisotopic (exact) mass is 285 g/mol. The van der Waals surface area contributed by atoms with Crippen LogP contribution in [-0.2, 0) is 16.7 Å². The maximum Gasteiger partial charge on any atom is 0.273 e. The molecule has 20 heavy (non-hydrogen) atoms. The van der Waals surface area contributed by atoms with Crippen molar-refractivity contribution in [3.63, 3.8) is 0 Å². The lowest BCUT2D eigenvalue weighted by Crippen LogP contribution is -2.32. The molecular formula is C15H11NO3S. The van der Waals surface area contributed by atoms with Crippen molar-refractivity contribution in [3.05, 3.63) is 71.3 Å². The SMILES string of the molecule is O=C1c2ccccc2C(=O)N1S(=O)Cc1ccccc1. The average molecular weight is 285 g/mol. The lowest BCUT2D eigenvalue weighted by atomic mass is 10.1. The highest BCUT2D eigenvalue weighted by atomic mass is 32.2. The van der Waals surface area contributed by atoms with Crippen LogP contribution < -0.4 is 0 Å². The maximum atomic E-state index is 12.3. The van der Waals surface area contributed by atoms with Gasteiger partial charge in [0.2, 0.25) is 0 Å². The minimum Gasteiger partial charge on any atom is -0.268 e. The van der Waals surface area contributed by atoms with E-state index in [-0.39, 0.29) is 5.75 Å². The summed E-state index contributed by atoms with van der Waals surface area (Å²) < 4.78 is 13.1. The van der Waals surface area contributed by atoms with E-state index in [1.54, 1.807) is 24.3 Å². The number of rotatable bonds is 3. The summed E-state index contributed by atoms with van der Waals surface area (Å²) in [5.41, 5.74) is 1.46. The van der Waals surface area contributed by atoms with E-state index in [4.69, 9.17) is 0 Å². The number of fused-ring (bicyclic) bond motifs is 1. The molecule has 0 saturated carbocycles. The van der Waals surface area contributed by atoms with Gasteiger partial charge in [0, 0.05) is 0 Å². The van der Waals surface area contributed by atoms with Crippen LogP contribution in [0.25, 0.3) is 0 Å². The van der Waals surface area contributed by atoms with Gasteiger partial charge in [0.1, 0.15) is 11.0 Å². The molecule has 0 radical (unpaired) electrons. The standard InChI is InChI=1S/C15H11NO3S/c17-14-12-8-4-5-9-13(12)15(18)16(14)20(19)10-11-6-2-1-3-7-11/h1-9H,10H2. The molecule has 1 aliphatic rings. The van der Waals surface area contributed by atoms with Gasteiger partial charge in [-0.05, 0) is 17.7 Å². The van der Waals surface area contributed by atoms with E-state index >= 15 is 0 Å². The molecule has 0 N–H and O–H groups in total.